The third kappa shape index (κ3) is 5.79. The van der Waals surface area contributed by atoms with Crippen molar-refractivity contribution in [3.05, 3.63) is 99.6 Å². The summed E-state index contributed by atoms with van der Waals surface area (Å²) in [5, 5.41) is 1.28. The van der Waals surface area contributed by atoms with Crippen LogP contribution in [0.1, 0.15) is 100 Å². The molecule has 0 N–H and O–H groups in total. The Morgan fingerprint density at radius 1 is 0.593 bits per heavy atom. The molecule has 0 saturated carbocycles. The van der Waals surface area contributed by atoms with Gasteiger partial charge in [0.2, 0.25) is 0 Å². The van der Waals surface area contributed by atoms with Gasteiger partial charge in [-0.3, -0.25) is 0 Å². The SMILES string of the molecule is Cc1cc(C(C)(C)C)cc(C)c1N1c2cc3c(cc2B2c4sc5ccc(C(C)(C)C)cc5c4N(c4c(C)cc5c(c4C)OCCO5)c4cc(C(C)C)cc1c42)OCCO3. The summed E-state index contributed by atoms with van der Waals surface area (Å²) in [7, 11) is 0. The van der Waals surface area contributed by atoms with E-state index in [4.69, 9.17) is 18.9 Å². The Kier molecular flexibility index (Phi) is 8.54. The van der Waals surface area contributed by atoms with Crippen LogP contribution in [0, 0.1) is 27.7 Å². The number of benzene rings is 5. The Bertz CT molecular complexity index is 2730. The number of anilines is 6. The molecular weight excluding hydrogens is 747 g/mol. The van der Waals surface area contributed by atoms with E-state index >= 15 is 0 Å². The van der Waals surface area contributed by atoms with Crippen LogP contribution in [0.4, 0.5) is 34.1 Å². The topological polar surface area (TPSA) is 43.4 Å². The summed E-state index contributed by atoms with van der Waals surface area (Å²) in [6.07, 6.45) is 0. The highest BCUT2D eigenvalue weighted by Crippen LogP contribution is 2.54. The number of nitrogens with zero attached hydrogens (tertiary/aromatic N) is 2. The van der Waals surface area contributed by atoms with Crippen molar-refractivity contribution in [3.63, 3.8) is 0 Å². The summed E-state index contributed by atoms with van der Waals surface area (Å²) >= 11 is 1.93. The van der Waals surface area contributed by atoms with Gasteiger partial charge in [0, 0.05) is 43.6 Å². The van der Waals surface area contributed by atoms with E-state index in [0.717, 1.165) is 45.5 Å². The van der Waals surface area contributed by atoms with Crippen molar-refractivity contribution in [1.82, 2.24) is 0 Å². The van der Waals surface area contributed by atoms with Gasteiger partial charge in [-0.15, -0.1) is 11.3 Å². The number of hydrogen-bond donors (Lipinski definition) is 0. The zero-order valence-corrected chi connectivity index (χ0v) is 37.5. The predicted octanol–water partition coefficient (Wildman–Crippen LogP) is 11.5. The van der Waals surface area contributed by atoms with Crippen LogP contribution in [0.5, 0.6) is 23.0 Å². The predicted molar refractivity (Wildman–Crippen MR) is 248 cm³/mol. The Morgan fingerprint density at radius 3 is 1.83 bits per heavy atom. The van der Waals surface area contributed by atoms with Gasteiger partial charge in [0.1, 0.15) is 26.4 Å². The van der Waals surface area contributed by atoms with Gasteiger partial charge in [-0.1, -0.05) is 73.6 Å². The van der Waals surface area contributed by atoms with Crippen LogP contribution in [0.25, 0.3) is 10.1 Å². The molecule has 6 aromatic rings. The fraction of sp³-hybridized carbons (Fsp3) is 0.373. The molecule has 0 radical (unpaired) electrons. The minimum atomic E-state index is -0.0442. The van der Waals surface area contributed by atoms with E-state index in [1.54, 1.807) is 0 Å². The van der Waals surface area contributed by atoms with E-state index in [1.807, 2.05) is 11.3 Å². The van der Waals surface area contributed by atoms with Crippen LogP contribution < -0.4 is 44.4 Å². The Balaban J connectivity index is 1.37. The highest BCUT2D eigenvalue weighted by Gasteiger charge is 2.47. The molecule has 4 aliphatic heterocycles. The quantitative estimate of drug-likeness (QED) is 0.166. The van der Waals surface area contributed by atoms with Gasteiger partial charge in [0.15, 0.2) is 23.0 Å². The first kappa shape index (κ1) is 38.1. The summed E-state index contributed by atoms with van der Waals surface area (Å²) in [4.78, 5) is 5.16. The Labute approximate surface area is 354 Å². The van der Waals surface area contributed by atoms with Crippen molar-refractivity contribution in [2.24, 2.45) is 0 Å². The second-order valence-electron chi connectivity index (χ2n) is 19.5. The van der Waals surface area contributed by atoms with Crippen molar-refractivity contribution >= 4 is 78.0 Å². The first-order valence-corrected chi connectivity index (χ1v) is 22.1. The molecule has 8 heteroatoms. The third-order valence-electron chi connectivity index (χ3n) is 12.9. The van der Waals surface area contributed by atoms with Gasteiger partial charge < -0.3 is 28.7 Å². The van der Waals surface area contributed by atoms with Gasteiger partial charge in [-0.05, 0) is 125 Å². The summed E-state index contributed by atoms with van der Waals surface area (Å²) in [5.74, 6) is 3.56. The van der Waals surface area contributed by atoms with E-state index in [0.29, 0.717) is 26.4 Å². The molecule has 0 fully saturated rings. The van der Waals surface area contributed by atoms with Crippen LogP contribution in [0.15, 0.2) is 60.7 Å². The fourth-order valence-electron chi connectivity index (χ4n) is 9.90. The van der Waals surface area contributed by atoms with Gasteiger partial charge in [-0.25, -0.2) is 0 Å². The second kappa shape index (κ2) is 13.2. The molecule has 0 amide bonds. The summed E-state index contributed by atoms with van der Waals surface area (Å²) < 4.78 is 28.1. The lowest BCUT2D eigenvalue weighted by molar-refractivity contribution is 0.170. The largest absolute Gasteiger partial charge is 0.486 e. The minimum Gasteiger partial charge on any atom is -0.486 e. The van der Waals surface area contributed by atoms with E-state index in [2.05, 4.69) is 154 Å². The molecule has 59 heavy (non-hydrogen) atoms. The van der Waals surface area contributed by atoms with Crippen LogP contribution in [-0.4, -0.2) is 33.1 Å². The zero-order valence-electron chi connectivity index (χ0n) is 36.7. The van der Waals surface area contributed by atoms with E-state index in [-0.39, 0.29) is 23.5 Å². The normalized spacial score (nSPS) is 15.4. The van der Waals surface area contributed by atoms with Gasteiger partial charge in [-0.2, -0.15) is 0 Å². The fourth-order valence-corrected chi connectivity index (χ4v) is 11.2. The molecule has 0 spiro atoms. The molecule has 0 bridgehead atoms. The molecule has 0 atom stereocenters. The van der Waals surface area contributed by atoms with Gasteiger partial charge >= 0.3 is 0 Å². The van der Waals surface area contributed by atoms with Crippen LogP contribution >= 0.6 is 11.3 Å². The number of rotatable bonds is 3. The van der Waals surface area contributed by atoms with Crippen LogP contribution in [-0.2, 0) is 10.8 Å². The molecule has 6 nitrogen and oxygen atoms in total. The summed E-state index contributed by atoms with van der Waals surface area (Å²) in [5.41, 5.74) is 18.4. The molecule has 5 heterocycles. The number of aryl methyl sites for hydroxylation is 3. The molecule has 10 rings (SSSR count). The molecule has 4 aliphatic rings. The van der Waals surface area contributed by atoms with Gasteiger partial charge in [0.05, 0.1) is 17.1 Å². The molecule has 0 aliphatic carbocycles. The van der Waals surface area contributed by atoms with Crippen LogP contribution in [0.3, 0.4) is 0 Å². The zero-order chi connectivity index (χ0) is 41.4. The smallest absolute Gasteiger partial charge is 0.264 e. The first-order chi connectivity index (χ1) is 28.0. The van der Waals surface area contributed by atoms with Crippen molar-refractivity contribution in [2.75, 3.05) is 36.2 Å². The number of hydrogen-bond acceptors (Lipinski definition) is 7. The molecule has 5 aromatic carbocycles. The molecular formula is C51H55BN2O4S. The summed E-state index contributed by atoms with van der Waals surface area (Å²) in [6, 6.07) is 23.6. The maximum Gasteiger partial charge on any atom is 0.264 e. The monoisotopic (exact) mass is 802 g/mol. The molecule has 0 saturated heterocycles. The lowest BCUT2D eigenvalue weighted by Gasteiger charge is -2.45. The maximum absolute atomic E-state index is 6.44. The highest BCUT2D eigenvalue weighted by molar-refractivity contribution is 7.33. The van der Waals surface area contributed by atoms with Crippen LogP contribution in [0.2, 0.25) is 0 Å². The third-order valence-corrected chi connectivity index (χ3v) is 14.1. The lowest BCUT2D eigenvalue weighted by atomic mass is 9.36. The van der Waals surface area contributed by atoms with E-state index in [1.165, 1.54) is 76.4 Å². The molecule has 0 unspecified atom stereocenters. The summed E-state index contributed by atoms with van der Waals surface area (Å²) in [6.45, 7) is 29.6. The minimum absolute atomic E-state index is 0.0181. The van der Waals surface area contributed by atoms with Gasteiger partial charge in [0.25, 0.3) is 6.71 Å². The lowest BCUT2D eigenvalue weighted by Crippen LogP contribution is -2.60. The average molecular weight is 803 g/mol. The highest BCUT2D eigenvalue weighted by atomic mass is 32.1. The first-order valence-electron chi connectivity index (χ1n) is 21.3. The Morgan fingerprint density at radius 2 is 1.19 bits per heavy atom. The second-order valence-corrected chi connectivity index (χ2v) is 20.5. The standard InChI is InChI=1S/C51H55BN2O4S/c1-27(2)32-22-38-44-39(23-32)54(46-30(5)21-42-48(31(46)6)58-18-17-57-42)47-35-24-33(50(7,8)9)13-14-43(35)59-49(47)52(44)36-25-40-41(56-16-15-55-40)26-37(36)53(38)45-28(3)19-34(20-29(45)4)51(10,11)12/h13-14,19-27H,15-18H2,1-12H3. The number of thiophene rings is 1. The van der Waals surface area contributed by atoms with Crippen molar-refractivity contribution < 1.29 is 18.9 Å². The molecule has 1 aromatic heterocycles. The number of ether oxygens (including phenoxy) is 4. The van der Waals surface area contributed by atoms with Crippen molar-refractivity contribution in [2.45, 2.75) is 99.8 Å². The van der Waals surface area contributed by atoms with E-state index < -0.39 is 0 Å². The van der Waals surface area contributed by atoms with Crippen molar-refractivity contribution in [1.29, 1.82) is 0 Å². The Hall–Kier alpha value is -5.08. The van der Waals surface area contributed by atoms with Crippen molar-refractivity contribution in [3.8, 4) is 23.0 Å². The maximum atomic E-state index is 6.44. The van der Waals surface area contributed by atoms with E-state index in [9.17, 15) is 0 Å². The number of fused-ring (bicyclic) bond motifs is 8. The molecule has 302 valence electrons. The average Bonchev–Trinajstić information content (AvgIpc) is 3.56.